The summed E-state index contributed by atoms with van der Waals surface area (Å²) in [5.41, 5.74) is 0. The van der Waals surface area contributed by atoms with Gasteiger partial charge in [-0.2, -0.15) is 0 Å². The molecular weight excluding hydrogens is 268 g/mol. The summed E-state index contributed by atoms with van der Waals surface area (Å²) in [5.74, 6) is 0.546. The van der Waals surface area contributed by atoms with E-state index in [0.29, 0.717) is 6.42 Å². The van der Waals surface area contributed by atoms with Crippen molar-refractivity contribution in [3.05, 3.63) is 12.2 Å². The summed E-state index contributed by atoms with van der Waals surface area (Å²) in [6.07, 6.45) is 15.0. The lowest BCUT2D eigenvalue weighted by Gasteiger charge is -2.08. The molecule has 2 atom stereocenters. The van der Waals surface area contributed by atoms with E-state index in [1.165, 1.54) is 44.9 Å². The summed E-state index contributed by atoms with van der Waals surface area (Å²) >= 11 is 0. The normalized spacial score (nSPS) is 18.9. The summed E-state index contributed by atoms with van der Waals surface area (Å²) in [7, 11) is 0. The minimum Gasteiger partial charge on any atom is -0.463 e. The predicted octanol–water partition coefficient (Wildman–Crippen LogP) is 2.97. The molecule has 4 heteroatoms. The molecule has 0 saturated heterocycles. The minimum absolute atomic E-state index is 0.106. The van der Waals surface area contributed by atoms with E-state index in [4.69, 9.17) is 14.9 Å². The molecule has 0 heterocycles. The Morgan fingerprint density at radius 3 is 2.57 bits per heavy atom. The van der Waals surface area contributed by atoms with Gasteiger partial charge in [0.1, 0.15) is 12.7 Å². The fourth-order valence-corrected chi connectivity index (χ4v) is 2.63. The molecule has 0 fully saturated rings. The number of hydrogen-bond donors (Lipinski definition) is 2. The summed E-state index contributed by atoms with van der Waals surface area (Å²) < 4.78 is 4.84. The van der Waals surface area contributed by atoms with E-state index in [1.807, 2.05) is 0 Å². The Bertz CT molecular complexity index is 301. The van der Waals surface area contributed by atoms with Crippen molar-refractivity contribution >= 4 is 5.97 Å². The zero-order valence-electron chi connectivity index (χ0n) is 13.0. The number of allylic oxidation sites excluding steroid dienone is 2. The fraction of sp³-hybridized carbons (Fsp3) is 0.824. The summed E-state index contributed by atoms with van der Waals surface area (Å²) in [5, 5.41) is 17.6. The maximum atomic E-state index is 11.3. The quantitative estimate of drug-likeness (QED) is 0.330. The Morgan fingerprint density at radius 1 is 1.19 bits per heavy atom. The molecule has 0 aromatic heterocycles. The molecule has 0 spiro atoms. The van der Waals surface area contributed by atoms with E-state index in [9.17, 15) is 4.79 Å². The second-order valence-electron chi connectivity index (χ2n) is 5.94. The first-order valence-corrected chi connectivity index (χ1v) is 8.33. The van der Waals surface area contributed by atoms with Gasteiger partial charge in [-0.25, -0.2) is 0 Å². The Kier molecular flexibility index (Phi) is 10.2. The van der Waals surface area contributed by atoms with Crippen molar-refractivity contribution in [3.8, 4) is 0 Å². The van der Waals surface area contributed by atoms with E-state index in [0.717, 1.165) is 18.8 Å². The second kappa shape index (κ2) is 11.8. The molecule has 0 bridgehead atoms. The first-order chi connectivity index (χ1) is 10.2. The number of aliphatic hydroxyl groups is 2. The van der Waals surface area contributed by atoms with Crippen molar-refractivity contribution in [1.82, 2.24) is 0 Å². The highest BCUT2D eigenvalue weighted by molar-refractivity contribution is 5.69. The Labute approximate surface area is 128 Å². The number of carbonyl (C=O) groups excluding carboxylic acids is 1. The molecule has 122 valence electrons. The van der Waals surface area contributed by atoms with Crippen LogP contribution in [0.4, 0.5) is 0 Å². The van der Waals surface area contributed by atoms with Crippen LogP contribution < -0.4 is 0 Å². The number of ether oxygens (including phenoxy) is 1. The summed E-state index contributed by atoms with van der Waals surface area (Å²) in [6, 6.07) is 0. The first-order valence-electron chi connectivity index (χ1n) is 8.33. The van der Waals surface area contributed by atoms with Crippen molar-refractivity contribution in [1.29, 1.82) is 0 Å². The monoisotopic (exact) mass is 298 g/mol. The number of carbonyl (C=O) groups is 1. The number of esters is 1. The molecular formula is C17H30O4. The molecule has 1 unspecified atom stereocenters. The number of aliphatic hydroxyl groups excluding tert-OH is 2. The summed E-state index contributed by atoms with van der Waals surface area (Å²) in [4.78, 5) is 11.3. The average Bonchev–Trinajstić information content (AvgIpc) is 3.00. The van der Waals surface area contributed by atoms with Crippen LogP contribution in [-0.4, -0.2) is 35.5 Å². The van der Waals surface area contributed by atoms with Crippen LogP contribution in [0.5, 0.6) is 0 Å². The third-order valence-electron chi connectivity index (χ3n) is 3.97. The molecule has 1 aliphatic rings. The van der Waals surface area contributed by atoms with E-state index in [-0.39, 0.29) is 19.2 Å². The maximum Gasteiger partial charge on any atom is 0.305 e. The molecule has 0 aliphatic heterocycles. The van der Waals surface area contributed by atoms with Gasteiger partial charge in [0.15, 0.2) is 0 Å². The minimum atomic E-state index is -0.955. The number of hydrogen-bond acceptors (Lipinski definition) is 4. The molecule has 2 N–H and O–H groups in total. The molecule has 0 saturated carbocycles. The van der Waals surface area contributed by atoms with Crippen molar-refractivity contribution < 1.29 is 19.7 Å². The van der Waals surface area contributed by atoms with Crippen molar-refractivity contribution in [3.63, 3.8) is 0 Å². The van der Waals surface area contributed by atoms with Crippen LogP contribution in [0.2, 0.25) is 0 Å². The SMILES string of the molecule is O=C(CCCCCCCC[C@H]1C=CCC1)OCC(O)CO. The van der Waals surface area contributed by atoms with Gasteiger partial charge in [-0.05, 0) is 31.6 Å². The lowest BCUT2D eigenvalue weighted by molar-refractivity contribution is -0.147. The Balaban J connectivity index is 1.81. The van der Waals surface area contributed by atoms with Gasteiger partial charge in [0.05, 0.1) is 6.61 Å². The van der Waals surface area contributed by atoms with E-state index in [2.05, 4.69) is 12.2 Å². The van der Waals surface area contributed by atoms with Gasteiger partial charge < -0.3 is 14.9 Å². The van der Waals surface area contributed by atoms with Crippen molar-refractivity contribution in [2.75, 3.05) is 13.2 Å². The fourth-order valence-electron chi connectivity index (χ4n) is 2.63. The van der Waals surface area contributed by atoms with Gasteiger partial charge in [-0.3, -0.25) is 4.79 Å². The summed E-state index contributed by atoms with van der Waals surface area (Å²) in [6.45, 7) is -0.477. The van der Waals surface area contributed by atoms with Crippen LogP contribution in [0.1, 0.15) is 64.2 Å². The largest absolute Gasteiger partial charge is 0.463 e. The van der Waals surface area contributed by atoms with Crippen LogP contribution >= 0.6 is 0 Å². The third kappa shape index (κ3) is 9.64. The number of rotatable bonds is 12. The lowest BCUT2D eigenvalue weighted by Crippen LogP contribution is -2.21. The van der Waals surface area contributed by atoms with Gasteiger partial charge in [0.25, 0.3) is 0 Å². The zero-order chi connectivity index (χ0) is 15.3. The van der Waals surface area contributed by atoms with E-state index >= 15 is 0 Å². The smallest absolute Gasteiger partial charge is 0.305 e. The zero-order valence-corrected chi connectivity index (χ0v) is 13.0. The Hall–Kier alpha value is -0.870. The highest BCUT2D eigenvalue weighted by Crippen LogP contribution is 2.23. The third-order valence-corrected chi connectivity index (χ3v) is 3.97. The van der Waals surface area contributed by atoms with E-state index in [1.54, 1.807) is 0 Å². The van der Waals surface area contributed by atoms with Gasteiger partial charge in [0.2, 0.25) is 0 Å². The molecule has 0 aromatic carbocycles. The van der Waals surface area contributed by atoms with Crippen LogP contribution in [-0.2, 0) is 9.53 Å². The van der Waals surface area contributed by atoms with Gasteiger partial charge in [-0.1, -0.05) is 44.3 Å². The first kappa shape index (κ1) is 18.2. The molecule has 4 nitrogen and oxygen atoms in total. The van der Waals surface area contributed by atoms with E-state index < -0.39 is 6.10 Å². The molecule has 0 radical (unpaired) electrons. The predicted molar refractivity (Wildman–Crippen MR) is 82.9 cm³/mol. The number of unbranched alkanes of at least 4 members (excludes halogenated alkanes) is 5. The van der Waals surface area contributed by atoms with Crippen LogP contribution in [0.3, 0.4) is 0 Å². The highest BCUT2D eigenvalue weighted by Gasteiger charge is 2.08. The molecule has 21 heavy (non-hydrogen) atoms. The van der Waals surface area contributed by atoms with Gasteiger partial charge >= 0.3 is 5.97 Å². The van der Waals surface area contributed by atoms with Crippen molar-refractivity contribution in [2.45, 2.75) is 70.3 Å². The van der Waals surface area contributed by atoms with Crippen LogP contribution in [0, 0.1) is 5.92 Å². The molecule has 0 amide bonds. The topological polar surface area (TPSA) is 66.8 Å². The van der Waals surface area contributed by atoms with Crippen molar-refractivity contribution in [2.24, 2.45) is 5.92 Å². The standard InChI is InChI=1S/C17H30O4/c18-13-16(19)14-21-17(20)12-6-4-2-1-3-5-9-15-10-7-8-11-15/h7,10,15-16,18-19H,1-6,8-9,11-14H2/t15-,16?/m0/s1. The van der Waals surface area contributed by atoms with Crippen LogP contribution in [0.15, 0.2) is 12.2 Å². The maximum absolute atomic E-state index is 11.3. The molecule has 1 aliphatic carbocycles. The molecule has 1 rings (SSSR count). The van der Waals surface area contributed by atoms with Gasteiger partial charge in [0, 0.05) is 6.42 Å². The average molecular weight is 298 g/mol. The van der Waals surface area contributed by atoms with Gasteiger partial charge in [-0.15, -0.1) is 0 Å². The molecule has 0 aromatic rings. The Morgan fingerprint density at radius 2 is 1.90 bits per heavy atom. The van der Waals surface area contributed by atoms with Crippen LogP contribution in [0.25, 0.3) is 0 Å². The second-order valence-corrected chi connectivity index (χ2v) is 5.94. The lowest BCUT2D eigenvalue weighted by atomic mass is 10.00. The highest BCUT2D eigenvalue weighted by atomic mass is 16.5.